The Kier molecular flexibility index (Phi) is 1.85. The van der Waals surface area contributed by atoms with Crippen LogP contribution in [0.3, 0.4) is 0 Å². The smallest absolute Gasteiger partial charge is 0.0191 e. The minimum atomic E-state index is 0.843. The fourth-order valence-electron chi connectivity index (χ4n) is 2.29. The first-order valence-electron chi connectivity index (χ1n) is 4.76. The molecule has 0 N–H and O–H groups in total. The molecular formula is C11H16. The standard InChI is InChI=1S/C11H16/c1-9-5-4-7-10-6-2-3-8-11(9)10/h3,8-9H,2,4-7H2,1H3. The van der Waals surface area contributed by atoms with E-state index in [-0.39, 0.29) is 0 Å². The third-order valence-corrected chi connectivity index (χ3v) is 2.97. The summed E-state index contributed by atoms with van der Waals surface area (Å²) in [5, 5.41) is 0. The molecule has 0 amide bonds. The van der Waals surface area contributed by atoms with Crippen LogP contribution in [0.25, 0.3) is 0 Å². The molecule has 1 unspecified atom stereocenters. The van der Waals surface area contributed by atoms with Crippen molar-refractivity contribution in [2.75, 3.05) is 0 Å². The Balaban J connectivity index is 2.28. The maximum atomic E-state index is 2.37. The van der Waals surface area contributed by atoms with Gasteiger partial charge in [0, 0.05) is 0 Å². The largest absolute Gasteiger partial charge is 0.0839 e. The average Bonchev–Trinajstić information content (AvgIpc) is 2.06. The van der Waals surface area contributed by atoms with Crippen LogP contribution >= 0.6 is 0 Å². The summed E-state index contributed by atoms with van der Waals surface area (Å²) in [4.78, 5) is 0. The monoisotopic (exact) mass is 148 g/mol. The second-order valence-electron chi connectivity index (χ2n) is 3.79. The molecule has 1 atom stereocenters. The van der Waals surface area contributed by atoms with Crippen molar-refractivity contribution >= 4 is 0 Å². The van der Waals surface area contributed by atoms with Crippen molar-refractivity contribution < 1.29 is 0 Å². The average molecular weight is 148 g/mol. The van der Waals surface area contributed by atoms with Gasteiger partial charge in [0.15, 0.2) is 0 Å². The van der Waals surface area contributed by atoms with Gasteiger partial charge in [-0.1, -0.05) is 24.6 Å². The van der Waals surface area contributed by atoms with E-state index >= 15 is 0 Å². The Morgan fingerprint density at radius 3 is 3.09 bits per heavy atom. The van der Waals surface area contributed by atoms with E-state index in [0.717, 1.165) is 5.92 Å². The zero-order chi connectivity index (χ0) is 7.68. The SMILES string of the molecule is CC1CCCC2=C1C=CCC2. The van der Waals surface area contributed by atoms with Crippen molar-refractivity contribution in [2.24, 2.45) is 5.92 Å². The van der Waals surface area contributed by atoms with Crippen molar-refractivity contribution in [3.05, 3.63) is 23.3 Å². The van der Waals surface area contributed by atoms with Crippen LogP contribution in [0.5, 0.6) is 0 Å². The molecular weight excluding hydrogens is 132 g/mol. The summed E-state index contributed by atoms with van der Waals surface area (Å²) in [5.41, 5.74) is 3.42. The zero-order valence-corrected chi connectivity index (χ0v) is 7.27. The maximum Gasteiger partial charge on any atom is -0.0191 e. The van der Waals surface area contributed by atoms with Crippen molar-refractivity contribution in [2.45, 2.75) is 39.0 Å². The molecule has 2 aliphatic carbocycles. The summed E-state index contributed by atoms with van der Waals surface area (Å²) in [6, 6.07) is 0. The van der Waals surface area contributed by atoms with E-state index in [2.05, 4.69) is 19.1 Å². The van der Waals surface area contributed by atoms with Crippen LogP contribution in [0, 0.1) is 5.92 Å². The lowest BCUT2D eigenvalue weighted by Crippen LogP contribution is -2.09. The van der Waals surface area contributed by atoms with Crippen LogP contribution in [0.15, 0.2) is 23.3 Å². The molecule has 0 heterocycles. The molecule has 0 aromatic carbocycles. The highest BCUT2D eigenvalue weighted by Crippen LogP contribution is 2.35. The molecule has 2 rings (SSSR count). The van der Waals surface area contributed by atoms with Crippen LogP contribution in [-0.4, -0.2) is 0 Å². The lowest BCUT2D eigenvalue weighted by atomic mass is 9.80. The van der Waals surface area contributed by atoms with E-state index in [1.165, 1.54) is 32.1 Å². The lowest BCUT2D eigenvalue weighted by molar-refractivity contribution is 0.531. The summed E-state index contributed by atoms with van der Waals surface area (Å²) in [6.45, 7) is 2.37. The third kappa shape index (κ3) is 1.26. The van der Waals surface area contributed by atoms with Gasteiger partial charge in [-0.15, -0.1) is 0 Å². The summed E-state index contributed by atoms with van der Waals surface area (Å²) in [5.74, 6) is 0.843. The highest BCUT2D eigenvalue weighted by molar-refractivity contribution is 5.32. The molecule has 0 nitrogen and oxygen atoms in total. The van der Waals surface area contributed by atoms with Gasteiger partial charge in [-0.25, -0.2) is 0 Å². The van der Waals surface area contributed by atoms with Gasteiger partial charge in [-0.3, -0.25) is 0 Å². The molecule has 2 aliphatic rings. The first kappa shape index (κ1) is 7.15. The van der Waals surface area contributed by atoms with E-state index in [9.17, 15) is 0 Å². The molecule has 0 saturated carbocycles. The summed E-state index contributed by atoms with van der Waals surface area (Å²) >= 11 is 0. The molecule has 0 radical (unpaired) electrons. The van der Waals surface area contributed by atoms with Crippen molar-refractivity contribution in [3.63, 3.8) is 0 Å². The van der Waals surface area contributed by atoms with Crippen molar-refractivity contribution in [1.82, 2.24) is 0 Å². The second kappa shape index (κ2) is 2.84. The highest BCUT2D eigenvalue weighted by Gasteiger charge is 2.18. The minimum absolute atomic E-state index is 0.843. The van der Waals surface area contributed by atoms with Gasteiger partial charge in [0.25, 0.3) is 0 Å². The predicted octanol–water partition coefficient (Wildman–Crippen LogP) is 3.45. The molecule has 0 fully saturated rings. The molecule has 60 valence electrons. The van der Waals surface area contributed by atoms with Crippen LogP contribution in [0.1, 0.15) is 39.0 Å². The van der Waals surface area contributed by atoms with Gasteiger partial charge < -0.3 is 0 Å². The summed E-state index contributed by atoms with van der Waals surface area (Å²) in [6.07, 6.45) is 11.5. The van der Waals surface area contributed by atoms with Crippen LogP contribution < -0.4 is 0 Å². The van der Waals surface area contributed by atoms with E-state index < -0.39 is 0 Å². The van der Waals surface area contributed by atoms with Crippen LogP contribution in [0.4, 0.5) is 0 Å². The zero-order valence-electron chi connectivity index (χ0n) is 7.27. The quantitative estimate of drug-likeness (QED) is 0.493. The molecule has 0 aromatic rings. The first-order valence-corrected chi connectivity index (χ1v) is 4.76. The number of hydrogen-bond acceptors (Lipinski definition) is 0. The maximum absolute atomic E-state index is 2.37. The van der Waals surface area contributed by atoms with E-state index in [4.69, 9.17) is 0 Å². The normalized spacial score (nSPS) is 30.5. The minimum Gasteiger partial charge on any atom is -0.0839 e. The van der Waals surface area contributed by atoms with Gasteiger partial charge in [0.2, 0.25) is 0 Å². The second-order valence-corrected chi connectivity index (χ2v) is 3.79. The Bertz CT molecular complexity index is 208. The topological polar surface area (TPSA) is 0 Å². The molecule has 0 aromatic heterocycles. The van der Waals surface area contributed by atoms with Gasteiger partial charge in [0.05, 0.1) is 0 Å². The van der Waals surface area contributed by atoms with Crippen LogP contribution in [0.2, 0.25) is 0 Å². The molecule has 11 heavy (non-hydrogen) atoms. The summed E-state index contributed by atoms with van der Waals surface area (Å²) in [7, 11) is 0. The lowest BCUT2D eigenvalue weighted by Gasteiger charge is -2.26. The Morgan fingerprint density at radius 1 is 1.36 bits per heavy atom. The van der Waals surface area contributed by atoms with Gasteiger partial charge in [-0.05, 0) is 43.6 Å². The fraction of sp³-hybridized carbons (Fsp3) is 0.636. The molecule has 0 aliphatic heterocycles. The van der Waals surface area contributed by atoms with E-state index in [0.29, 0.717) is 0 Å². The highest BCUT2D eigenvalue weighted by atomic mass is 14.2. The van der Waals surface area contributed by atoms with Gasteiger partial charge in [-0.2, -0.15) is 0 Å². The van der Waals surface area contributed by atoms with Crippen LogP contribution in [-0.2, 0) is 0 Å². The van der Waals surface area contributed by atoms with Gasteiger partial charge in [0.1, 0.15) is 0 Å². The predicted molar refractivity (Wildman–Crippen MR) is 48.4 cm³/mol. The molecule has 0 bridgehead atoms. The van der Waals surface area contributed by atoms with Crippen molar-refractivity contribution in [1.29, 1.82) is 0 Å². The Labute approximate surface area is 69.0 Å². The number of rotatable bonds is 0. The number of allylic oxidation sites excluding steroid dienone is 4. The first-order chi connectivity index (χ1) is 5.38. The Hall–Kier alpha value is -0.520. The number of hydrogen-bond donors (Lipinski definition) is 0. The van der Waals surface area contributed by atoms with Crippen molar-refractivity contribution in [3.8, 4) is 0 Å². The molecule has 0 heteroatoms. The van der Waals surface area contributed by atoms with E-state index in [1.54, 1.807) is 11.1 Å². The molecule has 0 saturated heterocycles. The Morgan fingerprint density at radius 2 is 2.27 bits per heavy atom. The molecule has 0 spiro atoms. The third-order valence-electron chi connectivity index (χ3n) is 2.97. The summed E-state index contributed by atoms with van der Waals surface area (Å²) < 4.78 is 0. The fourth-order valence-corrected chi connectivity index (χ4v) is 2.29. The van der Waals surface area contributed by atoms with Gasteiger partial charge >= 0.3 is 0 Å². The van der Waals surface area contributed by atoms with E-state index in [1.807, 2.05) is 0 Å².